The summed E-state index contributed by atoms with van der Waals surface area (Å²) in [4.78, 5) is 5.31. The van der Waals surface area contributed by atoms with Crippen LogP contribution < -0.4 is 0 Å². The number of oxazole rings is 1. The molecule has 14 heavy (non-hydrogen) atoms. The molecule has 0 saturated carbocycles. The Morgan fingerprint density at radius 2 is 2.21 bits per heavy atom. The molecule has 3 rings (SSSR count). The van der Waals surface area contributed by atoms with Crippen molar-refractivity contribution in [2.75, 3.05) is 0 Å². The van der Waals surface area contributed by atoms with Crippen molar-refractivity contribution in [2.45, 2.75) is 19.8 Å². The molecule has 1 aliphatic rings. The van der Waals surface area contributed by atoms with E-state index in [-0.39, 0.29) is 0 Å². The highest BCUT2D eigenvalue weighted by molar-refractivity contribution is 7.80. The number of fused-ring (bicyclic) bond motifs is 3. The van der Waals surface area contributed by atoms with Crippen LogP contribution >= 0.6 is 12.2 Å². The summed E-state index contributed by atoms with van der Waals surface area (Å²) in [5, 5.41) is 0. The molecule has 0 fully saturated rings. The van der Waals surface area contributed by atoms with E-state index in [1.54, 1.807) is 0 Å². The topological polar surface area (TPSA) is 26.0 Å². The van der Waals surface area contributed by atoms with Gasteiger partial charge in [0.25, 0.3) is 0 Å². The Morgan fingerprint density at radius 1 is 1.36 bits per heavy atom. The predicted octanol–water partition coefficient (Wildman–Crippen LogP) is 2.80. The highest BCUT2D eigenvalue weighted by atomic mass is 32.1. The Balaban J connectivity index is 2.46. The SMILES string of the molecule is Cc1nc2ccc3c(c2o1)C(=S)CC3. The molecule has 0 unspecified atom stereocenters. The molecular formula is C11H9NOS. The van der Waals surface area contributed by atoms with Gasteiger partial charge in [-0.15, -0.1) is 0 Å². The summed E-state index contributed by atoms with van der Waals surface area (Å²) in [6.07, 6.45) is 2.02. The van der Waals surface area contributed by atoms with Gasteiger partial charge in [-0.3, -0.25) is 0 Å². The van der Waals surface area contributed by atoms with Crippen LogP contribution in [-0.4, -0.2) is 9.85 Å². The van der Waals surface area contributed by atoms with E-state index in [0.29, 0.717) is 5.89 Å². The van der Waals surface area contributed by atoms with E-state index in [0.717, 1.165) is 34.4 Å². The van der Waals surface area contributed by atoms with Crippen LogP contribution in [-0.2, 0) is 6.42 Å². The zero-order valence-electron chi connectivity index (χ0n) is 7.83. The minimum Gasteiger partial charge on any atom is -0.440 e. The van der Waals surface area contributed by atoms with Crippen LogP contribution in [0.5, 0.6) is 0 Å². The summed E-state index contributed by atoms with van der Waals surface area (Å²) in [6, 6.07) is 4.12. The van der Waals surface area contributed by atoms with E-state index in [1.165, 1.54) is 5.56 Å². The molecule has 0 saturated heterocycles. The number of aryl methyl sites for hydroxylation is 2. The van der Waals surface area contributed by atoms with Crippen LogP contribution in [0.15, 0.2) is 16.5 Å². The van der Waals surface area contributed by atoms with Crippen LogP contribution in [0, 0.1) is 6.92 Å². The van der Waals surface area contributed by atoms with E-state index >= 15 is 0 Å². The van der Waals surface area contributed by atoms with Gasteiger partial charge >= 0.3 is 0 Å². The fourth-order valence-electron chi connectivity index (χ4n) is 2.03. The van der Waals surface area contributed by atoms with Gasteiger partial charge in [-0.2, -0.15) is 0 Å². The molecule has 2 aromatic rings. The normalized spacial score (nSPS) is 15.1. The minimum absolute atomic E-state index is 0.711. The lowest BCUT2D eigenvalue weighted by Gasteiger charge is -1.97. The standard InChI is InChI=1S/C11H9NOS/c1-6-12-8-4-2-7-3-5-9(14)10(7)11(8)13-6/h2,4H,3,5H2,1H3. The van der Waals surface area contributed by atoms with Crippen LogP contribution in [0.2, 0.25) is 0 Å². The summed E-state index contributed by atoms with van der Waals surface area (Å²) in [5.74, 6) is 0.711. The van der Waals surface area contributed by atoms with Gasteiger partial charge in [0.05, 0.1) is 0 Å². The minimum atomic E-state index is 0.711. The Bertz CT molecular complexity index is 541. The lowest BCUT2D eigenvalue weighted by molar-refractivity contribution is 0.560. The van der Waals surface area contributed by atoms with Crippen LogP contribution in [0.3, 0.4) is 0 Å². The largest absolute Gasteiger partial charge is 0.440 e. The van der Waals surface area contributed by atoms with Crippen molar-refractivity contribution in [1.82, 2.24) is 4.98 Å². The predicted molar refractivity (Wildman–Crippen MR) is 58.8 cm³/mol. The third-order valence-corrected chi connectivity index (χ3v) is 3.06. The summed E-state index contributed by atoms with van der Waals surface area (Å²) in [5.41, 5.74) is 4.23. The summed E-state index contributed by atoms with van der Waals surface area (Å²) < 4.78 is 5.58. The zero-order chi connectivity index (χ0) is 9.71. The van der Waals surface area contributed by atoms with Gasteiger partial charge in [-0.25, -0.2) is 4.98 Å². The number of thiocarbonyl (C=S) groups is 1. The molecule has 3 heteroatoms. The van der Waals surface area contributed by atoms with Gasteiger partial charge in [0.15, 0.2) is 11.5 Å². The molecule has 0 atom stereocenters. The quantitative estimate of drug-likeness (QED) is 0.616. The number of hydrogen-bond donors (Lipinski definition) is 0. The molecule has 0 radical (unpaired) electrons. The Labute approximate surface area is 86.9 Å². The van der Waals surface area contributed by atoms with Crippen LogP contribution in [0.1, 0.15) is 23.4 Å². The van der Waals surface area contributed by atoms with Gasteiger partial charge < -0.3 is 4.42 Å². The average molecular weight is 203 g/mol. The average Bonchev–Trinajstić information content (AvgIpc) is 2.68. The number of nitrogens with zero attached hydrogens (tertiary/aromatic N) is 1. The monoisotopic (exact) mass is 203 g/mol. The van der Waals surface area contributed by atoms with Crippen LogP contribution in [0.25, 0.3) is 11.1 Å². The van der Waals surface area contributed by atoms with Crippen molar-refractivity contribution in [3.8, 4) is 0 Å². The molecule has 1 heterocycles. The van der Waals surface area contributed by atoms with Crippen molar-refractivity contribution in [2.24, 2.45) is 0 Å². The highest BCUT2D eigenvalue weighted by Gasteiger charge is 2.21. The second kappa shape index (κ2) is 2.64. The third-order valence-electron chi connectivity index (χ3n) is 2.65. The van der Waals surface area contributed by atoms with Gasteiger partial charge in [0, 0.05) is 17.4 Å². The van der Waals surface area contributed by atoms with E-state index in [4.69, 9.17) is 16.6 Å². The molecule has 1 aromatic heterocycles. The first kappa shape index (κ1) is 8.12. The van der Waals surface area contributed by atoms with E-state index in [1.807, 2.05) is 13.0 Å². The molecule has 0 N–H and O–H groups in total. The first-order valence-corrected chi connectivity index (χ1v) is 5.09. The first-order chi connectivity index (χ1) is 6.75. The smallest absolute Gasteiger partial charge is 0.192 e. The second-order valence-electron chi connectivity index (χ2n) is 3.60. The van der Waals surface area contributed by atoms with Gasteiger partial charge in [0.2, 0.25) is 0 Å². The maximum Gasteiger partial charge on any atom is 0.192 e. The number of rotatable bonds is 0. The Hall–Kier alpha value is -1.22. The Kier molecular flexibility index (Phi) is 1.53. The molecular weight excluding hydrogens is 194 g/mol. The van der Waals surface area contributed by atoms with E-state index in [2.05, 4.69) is 11.1 Å². The molecule has 0 spiro atoms. The summed E-state index contributed by atoms with van der Waals surface area (Å²) in [7, 11) is 0. The molecule has 0 bridgehead atoms. The van der Waals surface area contributed by atoms with Crippen LogP contribution in [0.4, 0.5) is 0 Å². The van der Waals surface area contributed by atoms with Gasteiger partial charge in [-0.1, -0.05) is 18.3 Å². The van der Waals surface area contributed by atoms with Crippen molar-refractivity contribution >= 4 is 28.2 Å². The highest BCUT2D eigenvalue weighted by Crippen LogP contribution is 2.30. The Morgan fingerprint density at radius 3 is 3.07 bits per heavy atom. The van der Waals surface area contributed by atoms with E-state index in [9.17, 15) is 0 Å². The fraction of sp³-hybridized carbons (Fsp3) is 0.273. The van der Waals surface area contributed by atoms with E-state index < -0.39 is 0 Å². The summed E-state index contributed by atoms with van der Waals surface area (Å²) >= 11 is 5.32. The maximum atomic E-state index is 5.58. The molecule has 0 aliphatic heterocycles. The molecule has 2 nitrogen and oxygen atoms in total. The fourth-order valence-corrected chi connectivity index (χ4v) is 2.36. The van der Waals surface area contributed by atoms with Crippen molar-refractivity contribution in [1.29, 1.82) is 0 Å². The zero-order valence-corrected chi connectivity index (χ0v) is 8.65. The van der Waals surface area contributed by atoms with Gasteiger partial charge in [-0.05, 0) is 24.5 Å². The lowest BCUT2D eigenvalue weighted by Crippen LogP contribution is -1.89. The second-order valence-corrected chi connectivity index (χ2v) is 4.10. The first-order valence-electron chi connectivity index (χ1n) is 4.68. The number of aromatic nitrogens is 1. The molecule has 0 amide bonds. The van der Waals surface area contributed by atoms with Crippen molar-refractivity contribution in [3.05, 3.63) is 29.2 Å². The molecule has 1 aliphatic carbocycles. The third kappa shape index (κ3) is 0.960. The molecule has 70 valence electrons. The maximum absolute atomic E-state index is 5.58. The lowest BCUT2D eigenvalue weighted by atomic mass is 10.1. The van der Waals surface area contributed by atoms with Crippen molar-refractivity contribution in [3.63, 3.8) is 0 Å². The number of benzene rings is 1. The molecule has 1 aromatic carbocycles. The van der Waals surface area contributed by atoms with Gasteiger partial charge in [0.1, 0.15) is 5.52 Å². The number of hydrogen-bond acceptors (Lipinski definition) is 3. The van der Waals surface area contributed by atoms with Crippen molar-refractivity contribution < 1.29 is 4.42 Å². The summed E-state index contributed by atoms with van der Waals surface area (Å²) in [6.45, 7) is 1.87.